The van der Waals surface area contributed by atoms with Crippen molar-refractivity contribution in [3.8, 4) is 0 Å². The van der Waals surface area contributed by atoms with Crippen molar-refractivity contribution in [2.45, 2.75) is 37.6 Å². The molecule has 0 spiro atoms. The number of fused-ring (bicyclic) bond motifs is 1. The summed E-state index contributed by atoms with van der Waals surface area (Å²) in [5.41, 5.74) is -0.725. The van der Waals surface area contributed by atoms with Crippen molar-refractivity contribution in [3.63, 3.8) is 0 Å². The van der Waals surface area contributed by atoms with Crippen molar-refractivity contribution in [2.75, 3.05) is 6.61 Å². The zero-order chi connectivity index (χ0) is 15.0. The molecular weight excluding hydrogens is 283 g/mol. The largest absolute Gasteiger partial charge is 0.416 e. The van der Waals surface area contributed by atoms with E-state index in [-0.39, 0.29) is 30.0 Å². The van der Waals surface area contributed by atoms with Crippen LogP contribution in [0.4, 0.5) is 13.2 Å². The van der Waals surface area contributed by atoms with Crippen LogP contribution in [0.3, 0.4) is 0 Å². The lowest BCUT2D eigenvalue weighted by atomic mass is 9.76. The number of carbonyl (C=O) groups excluding carboxylic acids is 1. The van der Waals surface area contributed by atoms with Crippen molar-refractivity contribution >= 4 is 5.91 Å². The molecule has 1 amide bonds. The van der Waals surface area contributed by atoms with Crippen LogP contribution in [0.1, 0.15) is 24.0 Å². The predicted molar refractivity (Wildman–Crippen MR) is 69.5 cm³/mol. The Hall–Kier alpha value is -1.56. The molecule has 114 valence electrons. The maximum absolute atomic E-state index is 12.9. The molecule has 3 nitrogen and oxygen atoms in total. The van der Waals surface area contributed by atoms with Crippen LogP contribution in [0.2, 0.25) is 0 Å². The zero-order valence-electron chi connectivity index (χ0n) is 11.3. The van der Waals surface area contributed by atoms with E-state index in [4.69, 9.17) is 4.74 Å². The van der Waals surface area contributed by atoms with Gasteiger partial charge in [0.1, 0.15) is 0 Å². The molecule has 1 aromatic rings. The smallest absolute Gasteiger partial charge is 0.378 e. The van der Waals surface area contributed by atoms with Crippen LogP contribution in [-0.4, -0.2) is 24.7 Å². The van der Waals surface area contributed by atoms with Gasteiger partial charge in [0.15, 0.2) is 0 Å². The molecule has 1 aliphatic carbocycles. The maximum Gasteiger partial charge on any atom is 0.416 e. The fraction of sp³-hybridized carbons (Fsp3) is 0.533. The summed E-state index contributed by atoms with van der Waals surface area (Å²) >= 11 is 0. The van der Waals surface area contributed by atoms with E-state index in [1.54, 1.807) is 0 Å². The first-order valence-electron chi connectivity index (χ1n) is 7.01. The van der Waals surface area contributed by atoms with Gasteiger partial charge in [0.25, 0.3) is 0 Å². The van der Waals surface area contributed by atoms with Gasteiger partial charge >= 0.3 is 6.18 Å². The molecule has 1 aromatic carbocycles. The number of hydrogen-bond acceptors (Lipinski definition) is 2. The minimum absolute atomic E-state index is 0.0149. The molecule has 0 aromatic heterocycles. The minimum Gasteiger partial charge on any atom is -0.378 e. The third kappa shape index (κ3) is 2.90. The first kappa shape index (κ1) is 14.4. The molecule has 0 radical (unpaired) electrons. The highest BCUT2D eigenvalue weighted by Gasteiger charge is 2.45. The van der Waals surface area contributed by atoms with Crippen molar-refractivity contribution in [3.05, 3.63) is 35.4 Å². The predicted octanol–water partition coefficient (Wildman–Crippen LogP) is 2.54. The number of halogens is 3. The molecule has 21 heavy (non-hydrogen) atoms. The monoisotopic (exact) mass is 299 g/mol. The standard InChI is InChI=1S/C15H16F3NO2/c16-15(17,18)11-4-2-1-3-9(11)7-14(20)19-12-8-13-10(12)5-6-21-13/h1-4,10,12-13H,5-8H2,(H,19,20)/t10-,12+,13+/m0/s1. The lowest BCUT2D eigenvalue weighted by Crippen LogP contribution is -2.53. The number of benzene rings is 1. The summed E-state index contributed by atoms with van der Waals surface area (Å²) < 4.78 is 44.0. The third-order valence-corrected chi connectivity index (χ3v) is 4.28. The van der Waals surface area contributed by atoms with Gasteiger partial charge in [-0.15, -0.1) is 0 Å². The Morgan fingerprint density at radius 3 is 2.81 bits per heavy atom. The summed E-state index contributed by atoms with van der Waals surface area (Å²) in [7, 11) is 0. The summed E-state index contributed by atoms with van der Waals surface area (Å²) in [5, 5.41) is 2.83. The Labute approximate surface area is 120 Å². The summed E-state index contributed by atoms with van der Waals surface area (Å²) in [6.45, 7) is 0.707. The summed E-state index contributed by atoms with van der Waals surface area (Å²) in [4.78, 5) is 12.0. The van der Waals surface area contributed by atoms with Crippen molar-refractivity contribution < 1.29 is 22.7 Å². The van der Waals surface area contributed by atoms with Crippen LogP contribution in [0.5, 0.6) is 0 Å². The van der Waals surface area contributed by atoms with E-state index in [9.17, 15) is 18.0 Å². The van der Waals surface area contributed by atoms with Crippen molar-refractivity contribution in [1.82, 2.24) is 5.32 Å². The number of rotatable bonds is 3. The van der Waals surface area contributed by atoms with Gasteiger partial charge in [0, 0.05) is 18.6 Å². The first-order chi connectivity index (χ1) is 9.95. The van der Waals surface area contributed by atoms with Crippen LogP contribution in [0.25, 0.3) is 0 Å². The Kier molecular flexibility index (Phi) is 3.65. The number of hydrogen-bond donors (Lipinski definition) is 1. The fourth-order valence-corrected chi connectivity index (χ4v) is 3.15. The van der Waals surface area contributed by atoms with Gasteiger partial charge in [-0.2, -0.15) is 13.2 Å². The molecule has 3 rings (SSSR count). The molecule has 0 bridgehead atoms. The first-order valence-corrected chi connectivity index (χ1v) is 7.01. The number of carbonyl (C=O) groups is 1. The lowest BCUT2D eigenvalue weighted by Gasteiger charge is -2.39. The molecule has 0 unspecified atom stereocenters. The topological polar surface area (TPSA) is 38.3 Å². The third-order valence-electron chi connectivity index (χ3n) is 4.28. The number of amides is 1. The average Bonchev–Trinajstić information content (AvgIpc) is 2.77. The lowest BCUT2D eigenvalue weighted by molar-refractivity contribution is -0.138. The van der Waals surface area contributed by atoms with Gasteiger partial charge in [-0.05, 0) is 24.5 Å². The molecule has 2 aliphatic rings. The number of ether oxygens (including phenoxy) is 1. The Bertz CT molecular complexity index is 544. The van der Waals surface area contributed by atoms with E-state index in [2.05, 4.69) is 5.32 Å². The second-order valence-corrected chi connectivity index (χ2v) is 5.60. The van der Waals surface area contributed by atoms with E-state index in [0.717, 1.165) is 18.9 Å². The highest BCUT2D eigenvalue weighted by atomic mass is 19.4. The van der Waals surface area contributed by atoms with E-state index < -0.39 is 11.7 Å². The average molecular weight is 299 g/mol. The number of nitrogens with one attached hydrogen (secondary N) is 1. The van der Waals surface area contributed by atoms with Gasteiger partial charge in [-0.25, -0.2) is 0 Å². The number of alkyl halides is 3. The molecule has 6 heteroatoms. The zero-order valence-corrected chi connectivity index (χ0v) is 11.3. The van der Waals surface area contributed by atoms with Crippen LogP contribution in [-0.2, 0) is 22.1 Å². The van der Waals surface area contributed by atoms with Gasteiger partial charge in [0.2, 0.25) is 5.91 Å². The molecule has 1 N–H and O–H groups in total. The molecule has 3 atom stereocenters. The Morgan fingerprint density at radius 2 is 2.10 bits per heavy atom. The maximum atomic E-state index is 12.9. The minimum atomic E-state index is -4.43. The Morgan fingerprint density at radius 1 is 1.33 bits per heavy atom. The van der Waals surface area contributed by atoms with Gasteiger partial charge in [-0.1, -0.05) is 18.2 Å². The van der Waals surface area contributed by atoms with Gasteiger partial charge in [-0.3, -0.25) is 4.79 Å². The molecule has 1 saturated heterocycles. The fourth-order valence-electron chi connectivity index (χ4n) is 3.15. The highest BCUT2D eigenvalue weighted by molar-refractivity contribution is 5.79. The van der Waals surface area contributed by atoms with Crippen LogP contribution in [0.15, 0.2) is 24.3 Å². The van der Waals surface area contributed by atoms with Crippen LogP contribution in [0, 0.1) is 5.92 Å². The second kappa shape index (κ2) is 5.33. The summed E-state index contributed by atoms with van der Waals surface area (Å²) in [6, 6.07) is 5.25. The van der Waals surface area contributed by atoms with E-state index in [1.807, 2.05) is 0 Å². The van der Waals surface area contributed by atoms with Gasteiger partial charge < -0.3 is 10.1 Å². The normalized spacial score (nSPS) is 27.9. The van der Waals surface area contributed by atoms with Crippen LogP contribution < -0.4 is 5.32 Å². The molecule has 1 heterocycles. The highest BCUT2D eigenvalue weighted by Crippen LogP contribution is 2.38. The van der Waals surface area contributed by atoms with Gasteiger partial charge in [0.05, 0.1) is 18.1 Å². The second-order valence-electron chi connectivity index (χ2n) is 5.60. The van der Waals surface area contributed by atoms with E-state index >= 15 is 0 Å². The van der Waals surface area contributed by atoms with E-state index in [1.165, 1.54) is 18.2 Å². The molecule has 1 saturated carbocycles. The summed E-state index contributed by atoms with van der Waals surface area (Å²) in [5.74, 6) is -0.0335. The summed E-state index contributed by atoms with van der Waals surface area (Å²) in [6.07, 6.45) is -2.79. The van der Waals surface area contributed by atoms with Crippen LogP contribution >= 0.6 is 0 Å². The molecular formula is C15H16F3NO2. The van der Waals surface area contributed by atoms with E-state index in [0.29, 0.717) is 12.5 Å². The molecule has 2 fully saturated rings. The quantitative estimate of drug-likeness (QED) is 0.931. The Balaban J connectivity index is 1.63. The molecule has 1 aliphatic heterocycles. The van der Waals surface area contributed by atoms with Crippen molar-refractivity contribution in [1.29, 1.82) is 0 Å². The SMILES string of the molecule is O=C(Cc1ccccc1C(F)(F)F)N[C@@H]1C[C@H]2OCC[C@@H]12. The van der Waals surface area contributed by atoms with Crippen molar-refractivity contribution in [2.24, 2.45) is 5.92 Å².